The Kier molecular flexibility index (Phi) is 2.81. The van der Waals surface area contributed by atoms with E-state index >= 15 is 0 Å². The molecule has 1 atom stereocenters. The molecule has 1 saturated heterocycles. The van der Waals surface area contributed by atoms with E-state index in [0.29, 0.717) is 6.61 Å². The Labute approximate surface area is 102 Å². The van der Waals surface area contributed by atoms with Crippen molar-refractivity contribution in [2.75, 3.05) is 13.2 Å². The number of hydrogen-bond acceptors (Lipinski definition) is 3. The van der Waals surface area contributed by atoms with Crippen molar-refractivity contribution in [3.8, 4) is 5.75 Å². The molecule has 1 aromatic carbocycles. The first kappa shape index (κ1) is 11.1. The molecule has 0 amide bonds. The second-order valence-corrected chi connectivity index (χ2v) is 5.29. The third kappa shape index (κ3) is 2.79. The highest BCUT2D eigenvalue weighted by atomic mass is 16.5. The molecule has 0 spiro atoms. The van der Waals surface area contributed by atoms with Gasteiger partial charge >= 0.3 is 0 Å². The number of ether oxygens (including phenoxy) is 2. The molecule has 3 rings (SSSR count). The second-order valence-electron chi connectivity index (χ2n) is 5.29. The first-order chi connectivity index (χ1) is 8.23. The Hall–Kier alpha value is -1.06. The molecule has 2 aliphatic rings. The Morgan fingerprint density at radius 3 is 3.00 bits per heavy atom. The number of nitrogens with two attached hydrogens (primary N) is 1. The van der Waals surface area contributed by atoms with Gasteiger partial charge in [0, 0.05) is 12.0 Å². The van der Waals surface area contributed by atoms with Crippen LogP contribution in [-0.2, 0) is 11.2 Å². The van der Waals surface area contributed by atoms with Crippen molar-refractivity contribution < 1.29 is 9.47 Å². The summed E-state index contributed by atoms with van der Waals surface area (Å²) in [5, 5.41) is 0. The lowest BCUT2D eigenvalue weighted by Gasteiger charge is -2.14. The van der Waals surface area contributed by atoms with Crippen molar-refractivity contribution in [1.29, 1.82) is 0 Å². The van der Waals surface area contributed by atoms with Crippen molar-refractivity contribution in [2.45, 2.75) is 37.3 Å². The minimum atomic E-state index is 0.0646. The summed E-state index contributed by atoms with van der Waals surface area (Å²) < 4.78 is 11.2. The van der Waals surface area contributed by atoms with E-state index < -0.39 is 0 Å². The third-order valence-corrected chi connectivity index (χ3v) is 3.54. The van der Waals surface area contributed by atoms with Gasteiger partial charge in [-0.05, 0) is 37.0 Å². The lowest BCUT2D eigenvalue weighted by molar-refractivity contribution is 0.141. The van der Waals surface area contributed by atoms with Gasteiger partial charge in [0.05, 0.1) is 13.2 Å². The summed E-state index contributed by atoms with van der Waals surface area (Å²) >= 11 is 0. The fourth-order valence-electron chi connectivity index (χ4n) is 2.27. The molecule has 0 aromatic heterocycles. The van der Waals surface area contributed by atoms with Crippen LogP contribution in [0.2, 0.25) is 0 Å². The average molecular weight is 233 g/mol. The zero-order valence-corrected chi connectivity index (χ0v) is 10.0. The summed E-state index contributed by atoms with van der Waals surface area (Å²) in [5.41, 5.74) is 7.48. The summed E-state index contributed by atoms with van der Waals surface area (Å²) in [4.78, 5) is 0. The SMILES string of the molecule is NC1(Cc2cccc(OC3CCOC3)c2)CC1. The summed E-state index contributed by atoms with van der Waals surface area (Å²) in [7, 11) is 0. The van der Waals surface area contributed by atoms with E-state index in [2.05, 4.69) is 12.1 Å². The van der Waals surface area contributed by atoms with Crippen LogP contribution in [0.15, 0.2) is 24.3 Å². The van der Waals surface area contributed by atoms with Crippen LogP contribution in [0.3, 0.4) is 0 Å². The molecule has 2 N–H and O–H groups in total. The summed E-state index contributed by atoms with van der Waals surface area (Å²) in [6.45, 7) is 1.53. The molecule has 0 bridgehead atoms. The van der Waals surface area contributed by atoms with E-state index in [1.165, 1.54) is 5.56 Å². The van der Waals surface area contributed by atoms with Crippen LogP contribution in [0.4, 0.5) is 0 Å². The van der Waals surface area contributed by atoms with Crippen LogP contribution in [0.5, 0.6) is 5.75 Å². The molecule has 1 unspecified atom stereocenters. The van der Waals surface area contributed by atoms with Gasteiger partial charge in [0.15, 0.2) is 0 Å². The predicted octanol–water partition coefficient (Wildman–Crippen LogP) is 1.89. The Morgan fingerprint density at radius 1 is 1.41 bits per heavy atom. The number of benzene rings is 1. The van der Waals surface area contributed by atoms with Crippen molar-refractivity contribution in [2.24, 2.45) is 5.73 Å². The van der Waals surface area contributed by atoms with Crippen molar-refractivity contribution in [1.82, 2.24) is 0 Å². The van der Waals surface area contributed by atoms with E-state index in [0.717, 1.165) is 38.0 Å². The molecule has 1 aromatic rings. The van der Waals surface area contributed by atoms with Crippen molar-refractivity contribution in [3.63, 3.8) is 0 Å². The molecule has 92 valence electrons. The average Bonchev–Trinajstić information content (AvgIpc) is 2.82. The molecule has 1 aliphatic heterocycles. The molecule has 3 heteroatoms. The highest BCUT2D eigenvalue weighted by molar-refractivity contribution is 5.31. The van der Waals surface area contributed by atoms with Crippen LogP contribution in [-0.4, -0.2) is 24.9 Å². The van der Waals surface area contributed by atoms with Crippen LogP contribution >= 0.6 is 0 Å². The molecule has 0 radical (unpaired) electrons. The lowest BCUT2D eigenvalue weighted by Crippen LogP contribution is -2.24. The molecular weight excluding hydrogens is 214 g/mol. The van der Waals surface area contributed by atoms with Gasteiger partial charge in [0.2, 0.25) is 0 Å². The van der Waals surface area contributed by atoms with E-state index in [9.17, 15) is 0 Å². The molecule has 2 fully saturated rings. The molecule has 1 aliphatic carbocycles. The minimum absolute atomic E-state index is 0.0646. The number of hydrogen-bond donors (Lipinski definition) is 1. The van der Waals surface area contributed by atoms with Gasteiger partial charge in [-0.25, -0.2) is 0 Å². The normalized spacial score (nSPS) is 25.8. The van der Waals surface area contributed by atoms with E-state index in [4.69, 9.17) is 15.2 Å². The number of rotatable bonds is 4. The highest BCUT2D eigenvalue weighted by Gasteiger charge is 2.37. The molecule has 1 heterocycles. The standard InChI is InChI=1S/C14H19NO2/c15-14(5-6-14)9-11-2-1-3-12(8-11)17-13-4-7-16-10-13/h1-3,8,13H,4-7,9-10,15H2. The second kappa shape index (κ2) is 4.31. The highest BCUT2D eigenvalue weighted by Crippen LogP contribution is 2.36. The van der Waals surface area contributed by atoms with Gasteiger partial charge in [-0.3, -0.25) is 0 Å². The summed E-state index contributed by atoms with van der Waals surface area (Å²) in [6.07, 6.45) is 4.47. The van der Waals surface area contributed by atoms with E-state index in [1.54, 1.807) is 0 Å². The predicted molar refractivity (Wildman–Crippen MR) is 66.2 cm³/mol. The van der Waals surface area contributed by atoms with E-state index in [-0.39, 0.29) is 11.6 Å². The molecule has 1 saturated carbocycles. The Morgan fingerprint density at radius 2 is 2.29 bits per heavy atom. The van der Waals surface area contributed by atoms with Gasteiger partial charge in [-0.15, -0.1) is 0 Å². The maximum atomic E-state index is 6.13. The lowest BCUT2D eigenvalue weighted by atomic mass is 10.0. The Balaban J connectivity index is 1.65. The zero-order valence-electron chi connectivity index (χ0n) is 10.0. The quantitative estimate of drug-likeness (QED) is 0.863. The summed E-state index contributed by atoms with van der Waals surface area (Å²) in [6, 6.07) is 8.31. The van der Waals surface area contributed by atoms with Gasteiger partial charge < -0.3 is 15.2 Å². The topological polar surface area (TPSA) is 44.5 Å². The first-order valence-corrected chi connectivity index (χ1v) is 6.36. The fourth-order valence-corrected chi connectivity index (χ4v) is 2.27. The van der Waals surface area contributed by atoms with E-state index in [1.807, 2.05) is 12.1 Å². The zero-order chi connectivity index (χ0) is 11.7. The largest absolute Gasteiger partial charge is 0.488 e. The van der Waals surface area contributed by atoms with Crippen LogP contribution in [0.1, 0.15) is 24.8 Å². The minimum Gasteiger partial charge on any atom is -0.488 e. The Bertz CT molecular complexity index is 395. The van der Waals surface area contributed by atoms with Gasteiger partial charge in [0.1, 0.15) is 11.9 Å². The fraction of sp³-hybridized carbons (Fsp3) is 0.571. The van der Waals surface area contributed by atoms with Crippen LogP contribution < -0.4 is 10.5 Å². The third-order valence-electron chi connectivity index (χ3n) is 3.54. The van der Waals surface area contributed by atoms with Crippen molar-refractivity contribution >= 4 is 0 Å². The van der Waals surface area contributed by atoms with Gasteiger partial charge in [0.25, 0.3) is 0 Å². The monoisotopic (exact) mass is 233 g/mol. The van der Waals surface area contributed by atoms with Crippen molar-refractivity contribution in [3.05, 3.63) is 29.8 Å². The van der Waals surface area contributed by atoms with Gasteiger partial charge in [-0.1, -0.05) is 12.1 Å². The van der Waals surface area contributed by atoms with Gasteiger partial charge in [-0.2, -0.15) is 0 Å². The molecule has 17 heavy (non-hydrogen) atoms. The summed E-state index contributed by atoms with van der Waals surface area (Å²) in [5.74, 6) is 0.947. The first-order valence-electron chi connectivity index (χ1n) is 6.36. The molecule has 3 nitrogen and oxygen atoms in total. The smallest absolute Gasteiger partial charge is 0.124 e. The maximum Gasteiger partial charge on any atom is 0.124 e. The van der Waals surface area contributed by atoms with Crippen LogP contribution in [0, 0.1) is 0 Å². The van der Waals surface area contributed by atoms with Crippen LogP contribution in [0.25, 0.3) is 0 Å². The maximum absolute atomic E-state index is 6.13. The molecular formula is C14H19NO2.